The summed E-state index contributed by atoms with van der Waals surface area (Å²) in [4.78, 5) is 27.8. The molecule has 4 aromatic rings. The van der Waals surface area contributed by atoms with Gasteiger partial charge < -0.3 is 20.4 Å². The number of hydrogen-bond donors (Lipinski definition) is 3. The van der Waals surface area contributed by atoms with Crippen LogP contribution in [0.3, 0.4) is 0 Å². The van der Waals surface area contributed by atoms with Crippen LogP contribution >= 0.6 is 0 Å². The number of aromatic nitrogens is 1. The molecule has 0 radical (unpaired) electrons. The van der Waals surface area contributed by atoms with Crippen LogP contribution in [-0.4, -0.2) is 36.0 Å². The fourth-order valence-corrected chi connectivity index (χ4v) is 4.43. The van der Waals surface area contributed by atoms with Crippen LogP contribution in [0.25, 0.3) is 10.9 Å². The lowest BCUT2D eigenvalue weighted by molar-refractivity contribution is -0.128. The van der Waals surface area contributed by atoms with Gasteiger partial charge in [0.15, 0.2) is 0 Å². The lowest BCUT2D eigenvalue weighted by Gasteiger charge is -2.26. The highest BCUT2D eigenvalue weighted by Crippen LogP contribution is 2.32. The smallest absolute Gasteiger partial charge is 0.243 e. The first-order valence-electron chi connectivity index (χ1n) is 12.2. The summed E-state index contributed by atoms with van der Waals surface area (Å²) in [7, 11) is 0. The van der Waals surface area contributed by atoms with Crippen LogP contribution in [0.2, 0.25) is 0 Å². The molecule has 0 aliphatic heterocycles. The maximum absolute atomic E-state index is 12.9. The number of para-hydroxylation sites is 1. The van der Waals surface area contributed by atoms with Crippen LogP contribution in [0.1, 0.15) is 37.5 Å². The third-order valence-electron chi connectivity index (χ3n) is 6.53. The molecule has 0 bridgehead atoms. The summed E-state index contributed by atoms with van der Waals surface area (Å²) < 4.78 is 5.85. The predicted molar refractivity (Wildman–Crippen MR) is 143 cm³/mol. The number of fused-ring (bicyclic) bond motifs is 1. The molecule has 1 atom stereocenters. The number of carbonyl (C=O) groups is 2. The molecule has 186 valence electrons. The van der Waals surface area contributed by atoms with Crippen molar-refractivity contribution in [3.63, 3.8) is 0 Å². The van der Waals surface area contributed by atoms with E-state index in [0.29, 0.717) is 19.6 Å². The minimum atomic E-state index is -0.666. The fourth-order valence-electron chi connectivity index (χ4n) is 4.43. The molecule has 0 aliphatic rings. The average Bonchev–Trinajstić information content (AvgIpc) is 3.29. The summed E-state index contributed by atoms with van der Waals surface area (Å²) in [6.07, 6.45) is 2.29. The number of nitrogens with one attached hydrogen (secondary N) is 3. The Bertz CT molecular complexity index is 1310. The highest BCUT2D eigenvalue weighted by molar-refractivity contribution is 5.89. The zero-order chi connectivity index (χ0) is 25.5. The van der Waals surface area contributed by atoms with Gasteiger partial charge in [0.25, 0.3) is 0 Å². The highest BCUT2D eigenvalue weighted by Gasteiger charge is 2.23. The lowest BCUT2D eigenvalue weighted by atomic mass is 9.78. The number of aromatic amines is 1. The topological polar surface area (TPSA) is 83.2 Å². The predicted octanol–water partition coefficient (Wildman–Crippen LogP) is 4.74. The fraction of sp³-hybridized carbons (Fsp3) is 0.267. The van der Waals surface area contributed by atoms with E-state index >= 15 is 0 Å². The maximum Gasteiger partial charge on any atom is 0.243 e. The molecule has 0 saturated heterocycles. The van der Waals surface area contributed by atoms with Gasteiger partial charge in [-0.25, -0.2) is 0 Å². The Morgan fingerprint density at radius 1 is 0.917 bits per heavy atom. The van der Waals surface area contributed by atoms with Crippen molar-refractivity contribution < 1.29 is 14.3 Å². The van der Waals surface area contributed by atoms with E-state index < -0.39 is 6.04 Å². The van der Waals surface area contributed by atoms with Crippen LogP contribution in [0.4, 0.5) is 0 Å². The Labute approximate surface area is 212 Å². The van der Waals surface area contributed by atoms with Gasteiger partial charge in [-0.2, -0.15) is 0 Å². The second-order valence-corrected chi connectivity index (χ2v) is 9.47. The standard InChI is InChI=1S/C30H33N3O3/c1-21(34)33-28(19-22-20-32-27-12-8-7-11-26(22)27)29(35)31-17-18-36-25-15-13-24(14-16-25)30(2,3)23-9-5-4-6-10-23/h4-16,20,28,32H,17-19H2,1-3H3,(H,31,35)(H,33,34). The van der Waals surface area contributed by atoms with Crippen LogP contribution in [0, 0.1) is 0 Å². The van der Waals surface area contributed by atoms with Gasteiger partial charge in [-0.15, -0.1) is 0 Å². The van der Waals surface area contributed by atoms with E-state index in [1.807, 2.05) is 48.7 Å². The summed E-state index contributed by atoms with van der Waals surface area (Å²) in [5.74, 6) is 0.262. The van der Waals surface area contributed by atoms with Crippen molar-refractivity contribution in [3.05, 3.63) is 102 Å². The monoisotopic (exact) mass is 483 g/mol. The molecule has 6 nitrogen and oxygen atoms in total. The number of amides is 2. The van der Waals surface area contributed by atoms with Gasteiger partial charge in [0.1, 0.15) is 18.4 Å². The van der Waals surface area contributed by atoms with Gasteiger partial charge in [0, 0.05) is 35.9 Å². The average molecular weight is 484 g/mol. The molecular weight excluding hydrogens is 450 g/mol. The van der Waals surface area contributed by atoms with Crippen molar-refractivity contribution in [2.45, 2.75) is 38.6 Å². The van der Waals surface area contributed by atoms with Crippen LogP contribution in [0.15, 0.2) is 85.1 Å². The molecule has 3 aromatic carbocycles. The molecule has 0 spiro atoms. The Hall–Kier alpha value is -4.06. The molecule has 1 unspecified atom stereocenters. The zero-order valence-corrected chi connectivity index (χ0v) is 21.0. The van der Waals surface area contributed by atoms with E-state index in [2.05, 4.69) is 65.9 Å². The number of rotatable bonds is 10. The largest absolute Gasteiger partial charge is 0.492 e. The molecule has 0 saturated carbocycles. The van der Waals surface area contributed by atoms with Gasteiger partial charge >= 0.3 is 0 Å². The van der Waals surface area contributed by atoms with Crippen LogP contribution < -0.4 is 15.4 Å². The van der Waals surface area contributed by atoms with E-state index in [1.54, 1.807) is 0 Å². The Kier molecular flexibility index (Phi) is 7.74. The van der Waals surface area contributed by atoms with Gasteiger partial charge in [0.05, 0.1) is 6.54 Å². The maximum atomic E-state index is 12.9. The van der Waals surface area contributed by atoms with Crippen LogP contribution in [0.5, 0.6) is 5.75 Å². The molecular formula is C30H33N3O3. The first-order chi connectivity index (χ1) is 17.3. The zero-order valence-electron chi connectivity index (χ0n) is 21.0. The lowest BCUT2D eigenvalue weighted by Crippen LogP contribution is -2.48. The molecule has 1 heterocycles. The number of H-pyrrole nitrogens is 1. The minimum absolute atomic E-state index is 0.114. The second kappa shape index (κ2) is 11.1. The van der Waals surface area contributed by atoms with E-state index in [4.69, 9.17) is 4.74 Å². The van der Waals surface area contributed by atoms with Gasteiger partial charge in [-0.05, 0) is 34.9 Å². The molecule has 3 N–H and O–H groups in total. The quantitative estimate of drug-likeness (QED) is 0.285. The van der Waals surface area contributed by atoms with Crippen molar-refractivity contribution in [3.8, 4) is 5.75 Å². The number of hydrogen-bond acceptors (Lipinski definition) is 3. The van der Waals surface area contributed by atoms with Crippen molar-refractivity contribution in [1.82, 2.24) is 15.6 Å². The van der Waals surface area contributed by atoms with Crippen LogP contribution in [-0.2, 0) is 21.4 Å². The van der Waals surface area contributed by atoms with E-state index in [1.165, 1.54) is 18.1 Å². The Morgan fingerprint density at radius 2 is 1.58 bits per heavy atom. The summed E-state index contributed by atoms with van der Waals surface area (Å²) in [5.41, 5.74) is 4.32. The first kappa shape index (κ1) is 25.0. The minimum Gasteiger partial charge on any atom is -0.492 e. The molecule has 0 fully saturated rings. The third kappa shape index (κ3) is 5.95. The second-order valence-electron chi connectivity index (χ2n) is 9.47. The van der Waals surface area contributed by atoms with Crippen molar-refractivity contribution in [2.24, 2.45) is 0 Å². The molecule has 0 aliphatic carbocycles. The number of carbonyl (C=O) groups excluding carboxylic acids is 2. The molecule has 2 amide bonds. The summed E-state index contributed by atoms with van der Waals surface area (Å²) in [6, 6.07) is 25.7. The third-order valence-corrected chi connectivity index (χ3v) is 6.53. The molecule has 36 heavy (non-hydrogen) atoms. The molecule has 4 rings (SSSR count). The Morgan fingerprint density at radius 3 is 2.31 bits per heavy atom. The number of benzene rings is 3. The summed E-state index contributed by atoms with van der Waals surface area (Å²) in [6.45, 7) is 6.49. The molecule has 6 heteroatoms. The van der Waals surface area contributed by atoms with E-state index in [-0.39, 0.29) is 17.2 Å². The van der Waals surface area contributed by atoms with Gasteiger partial charge in [-0.3, -0.25) is 9.59 Å². The summed E-state index contributed by atoms with van der Waals surface area (Å²) in [5, 5.41) is 6.70. The van der Waals surface area contributed by atoms with E-state index in [9.17, 15) is 9.59 Å². The Balaban J connectivity index is 1.30. The van der Waals surface area contributed by atoms with Crippen molar-refractivity contribution in [1.29, 1.82) is 0 Å². The van der Waals surface area contributed by atoms with Gasteiger partial charge in [0.2, 0.25) is 11.8 Å². The number of ether oxygens (including phenoxy) is 1. The van der Waals surface area contributed by atoms with Gasteiger partial charge in [-0.1, -0.05) is 74.5 Å². The first-order valence-corrected chi connectivity index (χ1v) is 12.2. The summed E-state index contributed by atoms with van der Waals surface area (Å²) >= 11 is 0. The molecule has 1 aromatic heterocycles. The van der Waals surface area contributed by atoms with Crippen molar-refractivity contribution >= 4 is 22.7 Å². The van der Waals surface area contributed by atoms with E-state index in [0.717, 1.165) is 22.2 Å². The SMILES string of the molecule is CC(=O)NC(Cc1c[nH]c2ccccc12)C(=O)NCCOc1ccc(C(C)(C)c2ccccc2)cc1. The van der Waals surface area contributed by atoms with Crippen molar-refractivity contribution in [2.75, 3.05) is 13.2 Å². The normalized spacial score (nSPS) is 12.2. The highest BCUT2D eigenvalue weighted by atomic mass is 16.5.